The van der Waals surface area contributed by atoms with Gasteiger partial charge in [-0.2, -0.15) is 0 Å². The molecule has 6 heteroatoms. The first kappa shape index (κ1) is 14.8. The van der Waals surface area contributed by atoms with E-state index >= 15 is 0 Å². The molecule has 0 aromatic heterocycles. The molecular weight excluding hydrogens is 236 g/mol. The molecule has 6 nitrogen and oxygen atoms in total. The number of nitrogens with zero attached hydrogens (tertiary/aromatic N) is 2. The number of rotatable bonds is 4. The molecule has 1 atom stereocenters. The normalized spacial score (nSPS) is 20.0. The summed E-state index contributed by atoms with van der Waals surface area (Å²) < 4.78 is 5.40. The van der Waals surface area contributed by atoms with Crippen LogP contribution in [-0.4, -0.2) is 65.3 Å². The van der Waals surface area contributed by atoms with Crippen LogP contribution in [0.25, 0.3) is 0 Å². The summed E-state index contributed by atoms with van der Waals surface area (Å²) in [5.74, 6) is -0.113. The highest BCUT2D eigenvalue weighted by molar-refractivity contribution is 5.82. The molecule has 0 aromatic rings. The van der Waals surface area contributed by atoms with Crippen LogP contribution in [0.15, 0.2) is 0 Å². The molecule has 1 aliphatic heterocycles. The summed E-state index contributed by atoms with van der Waals surface area (Å²) in [4.78, 5) is 26.2. The highest BCUT2D eigenvalue weighted by atomic mass is 16.5. The molecule has 0 spiro atoms. The SMILES string of the molecule is CCCN(C(=O)[C@H]1CN(C(=O)O)CCO1)C(C)C. The molecule has 0 unspecified atom stereocenters. The van der Waals surface area contributed by atoms with Gasteiger partial charge in [-0.05, 0) is 20.3 Å². The maximum Gasteiger partial charge on any atom is 0.407 e. The zero-order valence-corrected chi connectivity index (χ0v) is 11.3. The van der Waals surface area contributed by atoms with Gasteiger partial charge in [-0.1, -0.05) is 6.92 Å². The number of amides is 2. The third kappa shape index (κ3) is 3.60. The summed E-state index contributed by atoms with van der Waals surface area (Å²) in [6.45, 7) is 7.31. The number of morpholine rings is 1. The maximum atomic E-state index is 12.3. The van der Waals surface area contributed by atoms with Gasteiger partial charge < -0.3 is 19.6 Å². The van der Waals surface area contributed by atoms with Crippen LogP contribution in [0.5, 0.6) is 0 Å². The van der Waals surface area contributed by atoms with E-state index in [1.54, 1.807) is 4.90 Å². The summed E-state index contributed by atoms with van der Waals surface area (Å²) in [5.41, 5.74) is 0. The van der Waals surface area contributed by atoms with Crippen LogP contribution in [0.1, 0.15) is 27.2 Å². The number of ether oxygens (including phenoxy) is 1. The predicted molar refractivity (Wildman–Crippen MR) is 66.5 cm³/mol. The molecule has 1 fully saturated rings. The van der Waals surface area contributed by atoms with Crippen molar-refractivity contribution in [3.8, 4) is 0 Å². The van der Waals surface area contributed by atoms with Crippen molar-refractivity contribution in [3.63, 3.8) is 0 Å². The topological polar surface area (TPSA) is 70.1 Å². The number of carbonyl (C=O) groups excluding carboxylic acids is 1. The molecule has 1 heterocycles. The minimum absolute atomic E-state index is 0.0984. The van der Waals surface area contributed by atoms with Gasteiger partial charge in [0, 0.05) is 19.1 Å². The van der Waals surface area contributed by atoms with E-state index in [0.29, 0.717) is 13.1 Å². The Kier molecular flexibility index (Phi) is 5.40. The van der Waals surface area contributed by atoms with Gasteiger partial charge in [-0.3, -0.25) is 4.79 Å². The molecule has 1 saturated heterocycles. The molecule has 104 valence electrons. The largest absolute Gasteiger partial charge is 0.465 e. The van der Waals surface area contributed by atoms with Crippen LogP contribution >= 0.6 is 0 Å². The van der Waals surface area contributed by atoms with E-state index in [0.717, 1.165) is 6.42 Å². The molecular formula is C12H22N2O4. The Labute approximate surface area is 107 Å². The number of hydrogen-bond acceptors (Lipinski definition) is 3. The summed E-state index contributed by atoms with van der Waals surface area (Å²) in [5, 5.41) is 8.93. The molecule has 1 aliphatic rings. The monoisotopic (exact) mass is 258 g/mol. The van der Waals surface area contributed by atoms with E-state index in [2.05, 4.69) is 0 Å². The van der Waals surface area contributed by atoms with Crippen molar-refractivity contribution in [1.82, 2.24) is 9.80 Å². The van der Waals surface area contributed by atoms with E-state index < -0.39 is 12.2 Å². The Morgan fingerprint density at radius 1 is 1.50 bits per heavy atom. The van der Waals surface area contributed by atoms with Gasteiger partial charge in [0.2, 0.25) is 0 Å². The van der Waals surface area contributed by atoms with E-state index in [4.69, 9.17) is 9.84 Å². The fourth-order valence-corrected chi connectivity index (χ4v) is 2.02. The van der Waals surface area contributed by atoms with Crippen LogP contribution in [-0.2, 0) is 9.53 Å². The van der Waals surface area contributed by atoms with Crippen molar-refractivity contribution in [3.05, 3.63) is 0 Å². The molecule has 0 radical (unpaired) electrons. The van der Waals surface area contributed by atoms with E-state index in [-0.39, 0.29) is 25.1 Å². The molecule has 0 bridgehead atoms. The van der Waals surface area contributed by atoms with Crippen LogP contribution < -0.4 is 0 Å². The second-order valence-corrected chi connectivity index (χ2v) is 4.71. The fraction of sp³-hybridized carbons (Fsp3) is 0.833. The minimum Gasteiger partial charge on any atom is -0.465 e. The summed E-state index contributed by atoms with van der Waals surface area (Å²) in [7, 11) is 0. The van der Waals surface area contributed by atoms with Gasteiger partial charge in [0.05, 0.1) is 13.2 Å². The van der Waals surface area contributed by atoms with Crippen molar-refractivity contribution in [2.45, 2.75) is 39.3 Å². The van der Waals surface area contributed by atoms with Gasteiger partial charge >= 0.3 is 6.09 Å². The summed E-state index contributed by atoms with van der Waals surface area (Å²) >= 11 is 0. The van der Waals surface area contributed by atoms with Gasteiger partial charge in [-0.15, -0.1) is 0 Å². The first-order chi connectivity index (χ1) is 8.47. The van der Waals surface area contributed by atoms with Crippen LogP contribution in [0.4, 0.5) is 4.79 Å². The van der Waals surface area contributed by atoms with Crippen molar-refractivity contribution >= 4 is 12.0 Å². The van der Waals surface area contributed by atoms with E-state index in [1.807, 2.05) is 20.8 Å². The molecule has 18 heavy (non-hydrogen) atoms. The van der Waals surface area contributed by atoms with Gasteiger partial charge in [0.25, 0.3) is 5.91 Å². The molecule has 1 rings (SSSR count). The van der Waals surface area contributed by atoms with E-state index in [1.165, 1.54) is 4.90 Å². The molecule has 0 aromatic carbocycles. The lowest BCUT2D eigenvalue weighted by molar-refractivity contribution is -0.150. The Morgan fingerprint density at radius 2 is 2.17 bits per heavy atom. The third-order valence-corrected chi connectivity index (χ3v) is 2.98. The average molecular weight is 258 g/mol. The summed E-state index contributed by atoms with van der Waals surface area (Å²) in [6, 6.07) is 0.0984. The van der Waals surface area contributed by atoms with Gasteiger partial charge in [0.15, 0.2) is 6.10 Å². The minimum atomic E-state index is -0.998. The Balaban J connectivity index is 2.66. The lowest BCUT2D eigenvalue weighted by atomic mass is 10.2. The zero-order valence-electron chi connectivity index (χ0n) is 11.3. The predicted octanol–water partition coefficient (Wildman–Crippen LogP) is 1.01. The highest BCUT2D eigenvalue weighted by Crippen LogP contribution is 2.11. The molecule has 1 N–H and O–H groups in total. The zero-order chi connectivity index (χ0) is 13.7. The fourth-order valence-electron chi connectivity index (χ4n) is 2.02. The quantitative estimate of drug-likeness (QED) is 0.817. The Hall–Kier alpha value is -1.30. The maximum absolute atomic E-state index is 12.3. The lowest BCUT2D eigenvalue weighted by Gasteiger charge is -2.35. The van der Waals surface area contributed by atoms with E-state index in [9.17, 15) is 9.59 Å². The number of carboxylic acid groups (broad SMARTS) is 1. The molecule has 2 amide bonds. The van der Waals surface area contributed by atoms with Gasteiger partial charge in [-0.25, -0.2) is 4.79 Å². The first-order valence-corrected chi connectivity index (χ1v) is 6.37. The Morgan fingerprint density at radius 3 is 2.67 bits per heavy atom. The number of carbonyl (C=O) groups is 2. The second kappa shape index (κ2) is 6.58. The van der Waals surface area contributed by atoms with Crippen molar-refractivity contribution in [2.24, 2.45) is 0 Å². The third-order valence-electron chi connectivity index (χ3n) is 2.98. The van der Waals surface area contributed by atoms with Crippen molar-refractivity contribution < 1.29 is 19.4 Å². The van der Waals surface area contributed by atoms with Crippen molar-refractivity contribution in [1.29, 1.82) is 0 Å². The van der Waals surface area contributed by atoms with Gasteiger partial charge in [0.1, 0.15) is 0 Å². The highest BCUT2D eigenvalue weighted by Gasteiger charge is 2.32. The van der Waals surface area contributed by atoms with Crippen molar-refractivity contribution in [2.75, 3.05) is 26.2 Å². The Bertz CT molecular complexity index is 306. The number of hydrogen-bond donors (Lipinski definition) is 1. The average Bonchev–Trinajstić information content (AvgIpc) is 2.35. The summed E-state index contributed by atoms with van der Waals surface area (Å²) in [6.07, 6.45) is -0.786. The smallest absolute Gasteiger partial charge is 0.407 e. The molecule has 0 saturated carbocycles. The van der Waals surface area contributed by atoms with Crippen LogP contribution in [0.3, 0.4) is 0 Å². The lowest BCUT2D eigenvalue weighted by Crippen LogP contribution is -2.53. The van der Waals surface area contributed by atoms with Crippen LogP contribution in [0.2, 0.25) is 0 Å². The standard InChI is InChI=1S/C12H22N2O4/c1-4-5-14(9(2)3)11(15)10-8-13(12(16)17)6-7-18-10/h9-10H,4-8H2,1-3H3,(H,16,17)/t10-/m1/s1. The van der Waals surface area contributed by atoms with Crippen LogP contribution in [0, 0.1) is 0 Å². The second-order valence-electron chi connectivity index (χ2n) is 4.71. The molecule has 0 aliphatic carbocycles. The first-order valence-electron chi connectivity index (χ1n) is 6.37.